The van der Waals surface area contributed by atoms with E-state index >= 15 is 0 Å². The molecule has 2 aromatic rings. The molecule has 1 aliphatic heterocycles. The average Bonchev–Trinajstić information content (AvgIpc) is 2.74. The van der Waals surface area contributed by atoms with Gasteiger partial charge in [0, 0.05) is 16.5 Å². The monoisotopic (exact) mass is 266 g/mol. The first-order valence-corrected chi connectivity index (χ1v) is 6.87. The van der Waals surface area contributed by atoms with Gasteiger partial charge in [-0.25, -0.2) is 0 Å². The third-order valence-electron chi connectivity index (χ3n) is 3.91. The lowest BCUT2D eigenvalue weighted by atomic mass is 9.85. The van der Waals surface area contributed by atoms with Crippen LogP contribution in [0.1, 0.15) is 36.7 Å². The lowest BCUT2D eigenvalue weighted by molar-refractivity contribution is 0.101. The number of fused-ring (bicyclic) bond motifs is 1. The molecule has 0 saturated carbocycles. The second-order valence-corrected chi connectivity index (χ2v) is 5.99. The van der Waals surface area contributed by atoms with Gasteiger partial charge in [0.1, 0.15) is 5.75 Å². The molecule has 102 valence electrons. The zero-order chi connectivity index (χ0) is 14.3. The number of benzene rings is 2. The highest BCUT2D eigenvalue weighted by molar-refractivity contribution is 6.00. The van der Waals surface area contributed by atoms with Crippen molar-refractivity contribution < 1.29 is 9.53 Å². The van der Waals surface area contributed by atoms with Crippen molar-refractivity contribution in [3.8, 4) is 16.9 Å². The van der Waals surface area contributed by atoms with Gasteiger partial charge in [-0.1, -0.05) is 44.2 Å². The summed E-state index contributed by atoms with van der Waals surface area (Å²) in [5.74, 6) is 1.05. The molecule has 0 bridgehead atoms. The van der Waals surface area contributed by atoms with Gasteiger partial charge in [0.15, 0.2) is 5.78 Å². The second-order valence-electron chi connectivity index (χ2n) is 5.99. The van der Waals surface area contributed by atoms with Crippen LogP contribution in [0.5, 0.6) is 5.75 Å². The molecule has 0 radical (unpaired) electrons. The molecule has 0 amide bonds. The summed E-state index contributed by atoms with van der Waals surface area (Å²) in [6.07, 6.45) is 0. The summed E-state index contributed by atoms with van der Waals surface area (Å²) in [6, 6.07) is 14.0. The van der Waals surface area contributed by atoms with Crippen LogP contribution in [0.3, 0.4) is 0 Å². The summed E-state index contributed by atoms with van der Waals surface area (Å²) >= 11 is 0. The Morgan fingerprint density at radius 3 is 2.65 bits per heavy atom. The lowest BCUT2D eigenvalue weighted by Crippen LogP contribution is -2.18. The summed E-state index contributed by atoms with van der Waals surface area (Å²) in [4.78, 5) is 11.8. The summed E-state index contributed by atoms with van der Waals surface area (Å²) in [5.41, 5.74) is 4.08. The Kier molecular flexibility index (Phi) is 2.89. The topological polar surface area (TPSA) is 26.3 Å². The van der Waals surface area contributed by atoms with Crippen molar-refractivity contribution in [2.24, 2.45) is 0 Å². The van der Waals surface area contributed by atoms with Crippen LogP contribution in [-0.4, -0.2) is 12.4 Å². The van der Waals surface area contributed by atoms with Gasteiger partial charge in [0.25, 0.3) is 0 Å². The number of Topliss-reactive ketones (excluding diaryl/α,β-unsaturated/α-hetero) is 1. The molecule has 2 nitrogen and oxygen atoms in total. The molecular weight excluding hydrogens is 248 g/mol. The highest BCUT2D eigenvalue weighted by atomic mass is 16.5. The van der Waals surface area contributed by atoms with Crippen LogP contribution in [0.15, 0.2) is 42.5 Å². The van der Waals surface area contributed by atoms with E-state index in [0.29, 0.717) is 6.61 Å². The SMILES string of the molecule is CC(=O)c1ccccc1-c1ccc2c(c1)C(C)(C)CO2. The Labute approximate surface area is 119 Å². The highest BCUT2D eigenvalue weighted by Gasteiger charge is 2.31. The lowest BCUT2D eigenvalue weighted by Gasteiger charge is -2.16. The molecule has 0 fully saturated rings. The third kappa shape index (κ3) is 2.01. The van der Waals surface area contributed by atoms with E-state index in [2.05, 4.69) is 19.9 Å². The fraction of sp³-hybridized carbons (Fsp3) is 0.278. The molecule has 3 rings (SSSR count). The molecular formula is C18H18O2. The Hall–Kier alpha value is -2.09. The number of ether oxygens (including phenoxy) is 1. The number of hydrogen-bond acceptors (Lipinski definition) is 2. The van der Waals surface area contributed by atoms with E-state index in [-0.39, 0.29) is 11.2 Å². The number of rotatable bonds is 2. The third-order valence-corrected chi connectivity index (χ3v) is 3.91. The smallest absolute Gasteiger partial charge is 0.160 e. The molecule has 0 aromatic heterocycles. The first-order valence-electron chi connectivity index (χ1n) is 6.87. The molecule has 20 heavy (non-hydrogen) atoms. The molecule has 0 aliphatic carbocycles. The normalized spacial score (nSPS) is 15.6. The second kappa shape index (κ2) is 4.48. The standard InChI is InChI=1S/C18H18O2/c1-12(19)14-6-4-5-7-15(14)13-8-9-17-16(10-13)18(2,3)11-20-17/h4-10H,11H2,1-3H3. The van der Waals surface area contributed by atoms with E-state index < -0.39 is 0 Å². The van der Waals surface area contributed by atoms with Crippen LogP contribution < -0.4 is 4.74 Å². The van der Waals surface area contributed by atoms with Crippen molar-refractivity contribution in [1.29, 1.82) is 0 Å². The van der Waals surface area contributed by atoms with E-state index in [9.17, 15) is 4.79 Å². The maximum Gasteiger partial charge on any atom is 0.160 e. The maximum atomic E-state index is 11.8. The van der Waals surface area contributed by atoms with Gasteiger partial charge in [0.05, 0.1) is 6.61 Å². The number of carbonyl (C=O) groups is 1. The van der Waals surface area contributed by atoms with Gasteiger partial charge in [-0.15, -0.1) is 0 Å². The summed E-state index contributed by atoms with van der Waals surface area (Å²) in [6.45, 7) is 6.68. The molecule has 0 atom stereocenters. The Morgan fingerprint density at radius 1 is 1.15 bits per heavy atom. The molecule has 1 aliphatic rings. The van der Waals surface area contributed by atoms with Crippen molar-refractivity contribution in [2.75, 3.05) is 6.61 Å². The van der Waals surface area contributed by atoms with Crippen molar-refractivity contribution in [3.63, 3.8) is 0 Å². The minimum absolute atomic E-state index is 0.0243. The predicted molar refractivity (Wildman–Crippen MR) is 80.4 cm³/mol. The number of hydrogen-bond donors (Lipinski definition) is 0. The predicted octanol–water partition coefficient (Wildman–Crippen LogP) is 4.23. The molecule has 0 N–H and O–H groups in total. The van der Waals surface area contributed by atoms with Gasteiger partial charge in [-0.2, -0.15) is 0 Å². The Balaban J connectivity index is 2.16. The van der Waals surface area contributed by atoms with Gasteiger partial charge >= 0.3 is 0 Å². The summed E-state index contributed by atoms with van der Waals surface area (Å²) in [7, 11) is 0. The van der Waals surface area contributed by atoms with Gasteiger partial charge < -0.3 is 4.74 Å². The van der Waals surface area contributed by atoms with Crippen LogP contribution in [0.2, 0.25) is 0 Å². The van der Waals surface area contributed by atoms with Gasteiger partial charge in [0.2, 0.25) is 0 Å². The number of ketones is 1. The molecule has 1 heterocycles. The van der Waals surface area contributed by atoms with E-state index in [1.54, 1.807) is 6.92 Å². The molecule has 0 unspecified atom stereocenters. The van der Waals surface area contributed by atoms with E-state index in [1.807, 2.05) is 36.4 Å². The molecule has 2 aromatic carbocycles. The van der Waals surface area contributed by atoms with Crippen molar-refractivity contribution in [1.82, 2.24) is 0 Å². The van der Waals surface area contributed by atoms with E-state index in [1.165, 1.54) is 5.56 Å². The summed E-state index contributed by atoms with van der Waals surface area (Å²) < 4.78 is 5.72. The molecule has 0 saturated heterocycles. The first-order chi connectivity index (χ1) is 9.49. The van der Waals surface area contributed by atoms with Crippen LogP contribution in [-0.2, 0) is 5.41 Å². The van der Waals surface area contributed by atoms with Crippen molar-refractivity contribution in [3.05, 3.63) is 53.6 Å². The summed E-state index contributed by atoms with van der Waals surface area (Å²) in [5, 5.41) is 0. The van der Waals surface area contributed by atoms with Crippen LogP contribution in [0, 0.1) is 0 Å². The first kappa shape index (κ1) is 12.9. The van der Waals surface area contributed by atoms with Crippen LogP contribution >= 0.6 is 0 Å². The minimum Gasteiger partial charge on any atom is -0.492 e. The zero-order valence-corrected chi connectivity index (χ0v) is 12.1. The molecule has 0 spiro atoms. The number of carbonyl (C=O) groups excluding carboxylic acids is 1. The Bertz CT molecular complexity index is 684. The van der Waals surface area contributed by atoms with Gasteiger partial charge in [-0.05, 0) is 30.2 Å². The Morgan fingerprint density at radius 2 is 1.90 bits per heavy atom. The van der Waals surface area contributed by atoms with Crippen molar-refractivity contribution >= 4 is 5.78 Å². The zero-order valence-electron chi connectivity index (χ0n) is 12.1. The van der Waals surface area contributed by atoms with Crippen LogP contribution in [0.25, 0.3) is 11.1 Å². The van der Waals surface area contributed by atoms with E-state index in [4.69, 9.17) is 4.74 Å². The van der Waals surface area contributed by atoms with Crippen LogP contribution in [0.4, 0.5) is 0 Å². The fourth-order valence-corrected chi connectivity index (χ4v) is 2.73. The fourth-order valence-electron chi connectivity index (χ4n) is 2.73. The molecule has 2 heteroatoms. The van der Waals surface area contributed by atoms with Crippen molar-refractivity contribution in [2.45, 2.75) is 26.2 Å². The largest absolute Gasteiger partial charge is 0.492 e. The minimum atomic E-state index is 0.0243. The van der Waals surface area contributed by atoms with Gasteiger partial charge in [-0.3, -0.25) is 4.79 Å². The average molecular weight is 266 g/mol. The maximum absolute atomic E-state index is 11.8. The highest BCUT2D eigenvalue weighted by Crippen LogP contribution is 2.40. The van der Waals surface area contributed by atoms with E-state index in [0.717, 1.165) is 22.4 Å². The quantitative estimate of drug-likeness (QED) is 0.760.